The van der Waals surface area contributed by atoms with Gasteiger partial charge in [0, 0.05) is 6.54 Å². The Kier molecular flexibility index (Phi) is 4.19. The second-order valence-electron chi connectivity index (χ2n) is 6.89. The summed E-state index contributed by atoms with van der Waals surface area (Å²) in [4.78, 5) is 11.9. The van der Waals surface area contributed by atoms with Crippen molar-refractivity contribution in [1.29, 1.82) is 0 Å². The van der Waals surface area contributed by atoms with Gasteiger partial charge in [-0.05, 0) is 36.2 Å². The predicted molar refractivity (Wildman–Crippen MR) is 80.4 cm³/mol. The van der Waals surface area contributed by atoms with Crippen LogP contribution < -0.4 is 5.32 Å². The SMILES string of the molecule is CC1CC(C)(C)CCC1(NCc1ccccc1)C(=O)O. The molecular formula is C17H25NO2. The van der Waals surface area contributed by atoms with E-state index in [4.69, 9.17) is 0 Å². The lowest BCUT2D eigenvalue weighted by Crippen LogP contribution is -2.59. The molecule has 110 valence electrons. The summed E-state index contributed by atoms with van der Waals surface area (Å²) in [5.41, 5.74) is 0.586. The third kappa shape index (κ3) is 3.04. The van der Waals surface area contributed by atoms with Crippen LogP contribution in [0.1, 0.15) is 45.6 Å². The molecule has 2 rings (SSSR count). The number of carboxylic acid groups (broad SMARTS) is 1. The number of benzene rings is 1. The minimum absolute atomic E-state index is 0.132. The molecule has 1 aromatic rings. The van der Waals surface area contributed by atoms with Gasteiger partial charge in [-0.3, -0.25) is 10.1 Å². The van der Waals surface area contributed by atoms with Crippen LogP contribution in [0.25, 0.3) is 0 Å². The van der Waals surface area contributed by atoms with E-state index >= 15 is 0 Å². The molecule has 1 fully saturated rings. The van der Waals surface area contributed by atoms with Crippen LogP contribution in [0.5, 0.6) is 0 Å². The van der Waals surface area contributed by atoms with Crippen molar-refractivity contribution in [2.75, 3.05) is 0 Å². The first-order valence-electron chi connectivity index (χ1n) is 7.38. The quantitative estimate of drug-likeness (QED) is 0.885. The van der Waals surface area contributed by atoms with Crippen molar-refractivity contribution in [3.05, 3.63) is 35.9 Å². The van der Waals surface area contributed by atoms with Gasteiger partial charge in [0.25, 0.3) is 0 Å². The Balaban J connectivity index is 2.13. The Morgan fingerprint density at radius 1 is 1.30 bits per heavy atom. The van der Waals surface area contributed by atoms with Gasteiger partial charge in [-0.1, -0.05) is 51.1 Å². The number of hydrogen-bond acceptors (Lipinski definition) is 2. The van der Waals surface area contributed by atoms with E-state index in [0.717, 1.165) is 18.4 Å². The van der Waals surface area contributed by atoms with E-state index < -0.39 is 11.5 Å². The molecule has 0 amide bonds. The van der Waals surface area contributed by atoms with Gasteiger partial charge in [0.2, 0.25) is 0 Å². The van der Waals surface area contributed by atoms with E-state index in [0.29, 0.717) is 13.0 Å². The van der Waals surface area contributed by atoms with E-state index in [1.54, 1.807) is 0 Å². The maximum Gasteiger partial charge on any atom is 0.324 e. The van der Waals surface area contributed by atoms with Gasteiger partial charge in [0.15, 0.2) is 0 Å². The molecule has 0 radical (unpaired) electrons. The van der Waals surface area contributed by atoms with E-state index in [-0.39, 0.29) is 11.3 Å². The maximum absolute atomic E-state index is 11.9. The van der Waals surface area contributed by atoms with E-state index in [1.165, 1.54) is 0 Å². The lowest BCUT2D eigenvalue weighted by atomic mass is 9.63. The second kappa shape index (κ2) is 5.57. The van der Waals surface area contributed by atoms with Crippen molar-refractivity contribution in [3.63, 3.8) is 0 Å². The molecule has 1 saturated carbocycles. The molecule has 3 nitrogen and oxygen atoms in total. The molecule has 0 heterocycles. The summed E-state index contributed by atoms with van der Waals surface area (Å²) in [6, 6.07) is 10.00. The Morgan fingerprint density at radius 3 is 2.50 bits per heavy atom. The Hall–Kier alpha value is -1.35. The zero-order chi connectivity index (χ0) is 14.8. The highest BCUT2D eigenvalue weighted by atomic mass is 16.4. The highest BCUT2D eigenvalue weighted by Crippen LogP contribution is 2.44. The predicted octanol–water partition coefficient (Wildman–Crippen LogP) is 3.45. The monoisotopic (exact) mass is 275 g/mol. The molecule has 2 N–H and O–H groups in total. The van der Waals surface area contributed by atoms with Gasteiger partial charge in [-0.2, -0.15) is 0 Å². The van der Waals surface area contributed by atoms with Crippen LogP contribution in [0.4, 0.5) is 0 Å². The van der Waals surface area contributed by atoms with Crippen LogP contribution in [0.2, 0.25) is 0 Å². The van der Waals surface area contributed by atoms with Crippen molar-refractivity contribution in [2.45, 2.75) is 52.1 Å². The first-order chi connectivity index (χ1) is 9.36. The van der Waals surface area contributed by atoms with Crippen molar-refractivity contribution >= 4 is 5.97 Å². The minimum atomic E-state index is -0.786. The average Bonchev–Trinajstić information content (AvgIpc) is 2.38. The number of aliphatic carboxylic acids is 1. The third-order valence-corrected chi connectivity index (χ3v) is 4.73. The molecule has 0 aliphatic heterocycles. The highest BCUT2D eigenvalue weighted by Gasteiger charge is 2.48. The molecule has 1 aliphatic rings. The fourth-order valence-corrected chi connectivity index (χ4v) is 3.40. The largest absolute Gasteiger partial charge is 0.480 e. The summed E-state index contributed by atoms with van der Waals surface area (Å²) in [7, 11) is 0. The molecule has 0 saturated heterocycles. The normalized spacial score (nSPS) is 29.1. The minimum Gasteiger partial charge on any atom is -0.480 e. The van der Waals surface area contributed by atoms with Crippen LogP contribution in [-0.4, -0.2) is 16.6 Å². The molecule has 0 spiro atoms. The van der Waals surface area contributed by atoms with Crippen LogP contribution in [0, 0.1) is 11.3 Å². The smallest absolute Gasteiger partial charge is 0.324 e. The van der Waals surface area contributed by atoms with E-state index in [9.17, 15) is 9.90 Å². The summed E-state index contributed by atoms with van der Waals surface area (Å²) in [6.45, 7) is 7.13. The molecule has 0 aromatic heterocycles. The molecular weight excluding hydrogens is 250 g/mol. The summed E-state index contributed by atoms with van der Waals surface area (Å²) < 4.78 is 0. The van der Waals surface area contributed by atoms with Crippen molar-refractivity contribution < 1.29 is 9.90 Å². The summed E-state index contributed by atoms with van der Waals surface area (Å²) in [6.07, 6.45) is 2.59. The van der Waals surface area contributed by atoms with Gasteiger partial charge in [0.1, 0.15) is 5.54 Å². The first kappa shape index (κ1) is 15.0. The van der Waals surface area contributed by atoms with Gasteiger partial charge >= 0.3 is 5.97 Å². The van der Waals surface area contributed by atoms with Gasteiger partial charge in [-0.25, -0.2) is 0 Å². The number of hydrogen-bond donors (Lipinski definition) is 2. The van der Waals surface area contributed by atoms with Crippen molar-refractivity contribution in [3.8, 4) is 0 Å². The molecule has 0 bridgehead atoms. The molecule has 2 unspecified atom stereocenters. The van der Waals surface area contributed by atoms with E-state index in [2.05, 4.69) is 26.1 Å². The zero-order valence-electron chi connectivity index (χ0n) is 12.6. The fraction of sp³-hybridized carbons (Fsp3) is 0.588. The van der Waals surface area contributed by atoms with Crippen molar-refractivity contribution in [1.82, 2.24) is 5.32 Å². The second-order valence-corrected chi connectivity index (χ2v) is 6.89. The lowest BCUT2D eigenvalue weighted by molar-refractivity contribution is -0.150. The molecule has 1 aromatic carbocycles. The van der Waals surface area contributed by atoms with Gasteiger partial charge in [-0.15, -0.1) is 0 Å². The number of carboxylic acids is 1. The van der Waals surface area contributed by atoms with Gasteiger partial charge < -0.3 is 5.11 Å². The highest BCUT2D eigenvalue weighted by molar-refractivity contribution is 5.79. The Bertz CT molecular complexity index is 469. The van der Waals surface area contributed by atoms with Crippen LogP contribution >= 0.6 is 0 Å². The average molecular weight is 275 g/mol. The van der Waals surface area contributed by atoms with Crippen LogP contribution in [-0.2, 0) is 11.3 Å². The first-order valence-corrected chi connectivity index (χ1v) is 7.38. The van der Waals surface area contributed by atoms with E-state index in [1.807, 2.05) is 30.3 Å². The Morgan fingerprint density at radius 2 is 1.95 bits per heavy atom. The molecule has 3 heteroatoms. The topological polar surface area (TPSA) is 49.3 Å². The Labute approximate surface area is 121 Å². The molecule has 1 aliphatic carbocycles. The lowest BCUT2D eigenvalue weighted by Gasteiger charge is -2.46. The number of rotatable bonds is 4. The number of nitrogens with one attached hydrogen (secondary N) is 1. The summed E-state index contributed by atoms with van der Waals surface area (Å²) in [5, 5.41) is 13.1. The zero-order valence-corrected chi connectivity index (χ0v) is 12.6. The van der Waals surface area contributed by atoms with Crippen LogP contribution in [0.15, 0.2) is 30.3 Å². The maximum atomic E-state index is 11.9. The summed E-state index contributed by atoms with van der Waals surface area (Å²) >= 11 is 0. The summed E-state index contributed by atoms with van der Waals surface area (Å²) in [5.74, 6) is -0.580. The van der Waals surface area contributed by atoms with Crippen molar-refractivity contribution in [2.24, 2.45) is 11.3 Å². The standard InChI is InChI=1S/C17H25NO2/c1-13-11-16(2,3)9-10-17(13,15(19)20)18-12-14-7-5-4-6-8-14/h4-8,13,18H,9-12H2,1-3H3,(H,19,20). The van der Waals surface area contributed by atoms with Gasteiger partial charge in [0.05, 0.1) is 0 Å². The number of carbonyl (C=O) groups is 1. The molecule has 2 atom stereocenters. The molecule has 20 heavy (non-hydrogen) atoms. The van der Waals surface area contributed by atoms with Crippen LogP contribution in [0.3, 0.4) is 0 Å². The fourth-order valence-electron chi connectivity index (χ4n) is 3.40. The third-order valence-electron chi connectivity index (χ3n) is 4.73.